The van der Waals surface area contributed by atoms with Crippen LogP contribution in [-0.4, -0.2) is 23.4 Å². The lowest BCUT2D eigenvalue weighted by Crippen LogP contribution is -2.35. The Bertz CT molecular complexity index is 191. The molecule has 2 nitrogen and oxygen atoms in total. The van der Waals surface area contributed by atoms with Crippen LogP contribution in [0.1, 0.15) is 52.9 Å². The molecule has 0 saturated carbocycles. The smallest absolute Gasteiger partial charge is 0.225 e. The lowest BCUT2D eigenvalue weighted by atomic mass is 10.0. The quantitative estimate of drug-likeness (QED) is 0.663. The van der Waals surface area contributed by atoms with Crippen molar-refractivity contribution in [3.8, 4) is 0 Å². The van der Waals surface area contributed by atoms with E-state index in [0.717, 1.165) is 25.8 Å². The van der Waals surface area contributed by atoms with E-state index in [4.69, 9.17) is 0 Å². The van der Waals surface area contributed by atoms with Gasteiger partial charge >= 0.3 is 0 Å². The molecule has 1 saturated heterocycles. The Labute approximate surface area is 87.7 Å². The standard InChI is InChI=1S/C12H23NO/c1-4-6-7-11-8-9-13(12(11)14)10(3)5-2/h10-11H,4-9H2,1-3H3. The van der Waals surface area contributed by atoms with E-state index in [0.29, 0.717) is 17.9 Å². The van der Waals surface area contributed by atoms with E-state index in [-0.39, 0.29) is 0 Å². The zero-order valence-electron chi connectivity index (χ0n) is 9.75. The predicted molar refractivity (Wildman–Crippen MR) is 59.1 cm³/mol. The van der Waals surface area contributed by atoms with Gasteiger partial charge in [-0.1, -0.05) is 26.7 Å². The first-order valence-electron chi connectivity index (χ1n) is 6.01. The first-order chi connectivity index (χ1) is 6.70. The average molecular weight is 197 g/mol. The number of rotatable bonds is 5. The van der Waals surface area contributed by atoms with Crippen molar-refractivity contribution in [2.24, 2.45) is 5.92 Å². The molecule has 0 aromatic rings. The maximum Gasteiger partial charge on any atom is 0.225 e. The summed E-state index contributed by atoms with van der Waals surface area (Å²) in [5.41, 5.74) is 0. The van der Waals surface area contributed by atoms with E-state index in [9.17, 15) is 4.79 Å². The van der Waals surface area contributed by atoms with Gasteiger partial charge in [0.15, 0.2) is 0 Å². The Kier molecular flexibility index (Phi) is 4.43. The molecule has 0 N–H and O–H groups in total. The molecular weight excluding hydrogens is 174 g/mol. The summed E-state index contributed by atoms with van der Waals surface area (Å²) in [6.45, 7) is 7.48. The van der Waals surface area contributed by atoms with Gasteiger partial charge in [0.05, 0.1) is 0 Å². The van der Waals surface area contributed by atoms with Gasteiger partial charge in [-0.05, 0) is 26.2 Å². The van der Waals surface area contributed by atoms with Crippen LogP contribution in [0.3, 0.4) is 0 Å². The molecule has 82 valence electrons. The highest BCUT2D eigenvalue weighted by atomic mass is 16.2. The number of hydrogen-bond acceptors (Lipinski definition) is 1. The van der Waals surface area contributed by atoms with Crippen LogP contribution in [0.15, 0.2) is 0 Å². The number of amides is 1. The van der Waals surface area contributed by atoms with Crippen LogP contribution in [0, 0.1) is 5.92 Å². The minimum Gasteiger partial charge on any atom is -0.340 e. The fourth-order valence-corrected chi connectivity index (χ4v) is 2.14. The summed E-state index contributed by atoms with van der Waals surface area (Å²) in [5, 5.41) is 0. The highest BCUT2D eigenvalue weighted by Gasteiger charge is 2.32. The minimum atomic E-state index is 0.337. The predicted octanol–water partition coefficient (Wildman–Crippen LogP) is 2.82. The van der Waals surface area contributed by atoms with Crippen molar-refractivity contribution in [3.05, 3.63) is 0 Å². The molecule has 1 fully saturated rings. The molecule has 1 aliphatic rings. The summed E-state index contributed by atoms with van der Waals surface area (Å²) in [5.74, 6) is 0.747. The third-order valence-corrected chi connectivity index (χ3v) is 3.38. The lowest BCUT2D eigenvalue weighted by Gasteiger charge is -2.23. The second-order valence-corrected chi connectivity index (χ2v) is 4.42. The highest BCUT2D eigenvalue weighted by molar-refractivity contribution is 5.81. The van der Waals surface area contributed by atoms with E-state index >= 15 is 0 Å². The zero-order valence-corrected chi connectivity index (χ0v) is 9.75. The monoisotopic (exact) mass is 197 g/mol. The maximum absolute atomic E-state index is 11.9. The van der Waals surface area contributed by atoms with Gasteiger partial charge in [0.2, 0.25) is 5.91 Å². The van der Waals surface area contributed by atoms with Crippen LogP contribution in [0.25, 0.3) is 0 Å². The Morgan fingerprint density at radius 1 is 1.50 bits per heavy atom. The normalized spacial score (nSPS) is 24.4. The van der Waals surface area contributed by atoms with Crippen molar-refractivity contribution in [3.63, 3.8) is 0 Å². The Balaban J connectivity index is 2.43. The molecular formula is C12H23NO. The molecule has 2 unspecified atom stereocenters. The molecule has 0 bridgehead atoms. The van der Waals surface area contributed by atoms with Gasteiger partial charge in [-0.3, -0.25) is 4.79 Å². The number of nitrogens with zero attached hydrogens (tertiary/aromatic N) is 1. The minimum absolute atomic E-state index is 0.337. The topological polar surface area (TPSA) is 20.3 Å². The van der Waals surface area contributed by atoms with Gasteiger partial charge in [0.1, 0.15) is 0 Å². The van der Waals surface area contributed by atoms with Crippen molar-refractivity contribution in [2.45, 2.75) is 58.9 Å². The van der Waals surface area contributed by atoms with Gasteiger partial charge in [-0.25, -0.2) is 0 Å². The van der Waals surface area contributed by atoms with Crippen molar-refractivity contribution in [2.75, 3.05) is 6.54 Å². The molecule has 0 aliphatic carbocycles. The van der Waals surface area contributed by atoms with Crippen molar-refractivity contribution < 1.29 is 4.79 Å². The van der Waals surface area contributed by atoms with Crippen LogP contribution >= 0.6 is 0 Å². The average Bonchev–Trinajstić information content (AvgIpc) is 2.56. The molecule has 1 heterocycles. The van der Waals surface area contributed by atoms with E-state index in [1.165, 1.54) is 12.8 Å². The molecule has 0 spiro atoms. The van der Waals surface area contributed by atoms with E-state index in [1.807, 2.05) is 0 Å². The maximum atomic E-state index is 11.9. The van der Waals surface area contributed by atoms with Crippen molar-refractivity contribution in [1.29, 1.82) is 0 Å². The largest absolute Gasteiger partial charge is 0.340 e. The summed E-state index contributed by atoms with van der Waals surface area (Å²) in [6, 6.07) is 0.439. The molecule has 1 amide bonds. The van der Waals surface area contributed by atoms with Gasteiger partial charge < -0.3 is 4.90 Å². The molecule has 2 heteroatoms. The van der Waals surface area contributed by atoms with Gasteiger partial charge in [-0.15, -0.1) is 0 Å². The molecule has 1 rings (SSSR count). The first-order valence-corrected chi connectivity index (χ1v) is 6.01. The van der Waals surface area contributed by atoms with E-state index in [1.54, 1.807) is 0 Å². The molecule has 1 aliphatic heterocycles. The van der Waals surface area contributed by atoms with Crippen molar-refractivity contribution in [1.82, 2.24) is 4.90 Å². The summed E-state index contributed by atoms with van der Waals surface area (Å²) in [6.07, 6.45) is 5.66. The lowest BCUT2D eigenvalue weighted by molar-refractivity contribution is -0.132. The number of hydrogen-bond donors (Lipinski definition) is 0. The SMILES string of the molecule is CCCCC1CCN(C(C)CC)C1=O. The summed E-state index contributed by atoms with van der Waals surface area (Å²) in [7, 11) is 0. The first kappa shape index (κ1) is 11.5. The molecule has 0 aromatic carbocycles. The summed E-state index contributed by atoms with van der Waals surface area (Å²) in [4.78, 5) is 14.0. The van der Waals surface area contributed by atoms with Crippen molar-refractivity contribution >= 4 is 5.91 Å². The highest BCUT2D eigenvalue weighted by Crippen LogP contribution is 2.25. The number of likely N-dealkylation sites (tertiary alicyclic amines) is 1. The molecule has 14 heavy (non-hydrogen) atoms. The molecule has 0 radical (unpaired) electrons. The Morgan fingerprint density at radius 3 is 2.79 bits per heavy atom. The molecule has 0 aromatic heterocycles. The second kappa shape index (κ2) is 5.38. The fraction of sp³-hybridized carbons (Fsp3) is 0.917. The summed E-state index contributed by atoms with van der Waals surface area (Å²) < 4.78 is 0. The van der Waals surface area contributed by atoms with Gasteiger partial charge in [0.25, 0.3) is 0 Å². The zero-order chi connectivity index (χ0) is 10.6. The molecule has 2 atom stereocenters. The Hall–Kier alpha value is -0.530. The third kappa shape index (κ3) is 2.49. The van der Waals surface area contributed by atoms with E-state index in [2.05, 4.69) is 25.7 Å². The summed E-state index contributed by atoms with van der Waals surface area (Å²) >= 11 is 0. The number of carbonyl (C=O) groups is 1. The number of unbranched alkanes of at least 4 members (excludes halogenated alkanes) is 1. The number of carbonyl (C=O) groups excluding carboxylic acids is 1. The fourth-order valence-electron chi connectivity index (χ4n) is 2.14. The Morgan fingerprint density at radius 2 is 2.21 bits per heavy atom. The second-order valence-electron chi connectivity index (χ2n) is 4.42. The van der Waals surface area contributed by atoms with Gasteiger partial charge in [-0.2, -0.15) is 0 Å². The third-order valence-electron chi connectivity index (χ3n) is 3.38. The van der Waals surface area contributed by atoms with Crippen LogP contribution in [0.5, 0.6) is 0 Å². The van der Waals surface area contributed by atoms with Crippen LogP contribution in [-0.2, 0) is 4.79 Å². The van der Waals surface area contributed by atoms with Crippen LogP contribution < -0.4 is 0 Å². The van der Waals surface area contributed by atoms with Gasteiger partial charge in [0, 0.05) is 18.5 Å². The van der Waals surface area contributed by atoms with Crippen LogP contribution in [0.2, 0.25) is 0 Å². The van der Waals surface area contributed by atoms with Crippen LogP contribution in [0.4, 0.5) is 0 Å². The van der Waals surface area contributed by atoms with E-state index < -0.39 is 0 Å².